The van der Waals surface area contributed by atoms with E-state index < -0.39 is 29.6 Å². The van der Waals surface area contributed by atoms with Crippen molar-refractivity contribution in [1.82, 2.24) is 20.4 Å². The number of hydrogen-bond donors (Lipinski definition) is 3. The zero-order valence-electron chi connectivity index (χ0n) is 25.5. The Morgan fingerprint density at radius 2 is 1.80 bits per heavy atom. The fraction of sp³-hybridized carbons (Fsp3) is 0.333. The number of anilines is 1. The van der Waals surface area contributed by atoms with Crippen molar-refractivity contribution in [3.63, 3.8) is 0 Å². The number of benzene rings is 3. The summed E-state index contributed by atoms with van der Waals surface area (Å²) in [7, 11) is 4.37. The second kappa shape index (κ2) is 13.3. The van der Waals surface area contributed by atoms with Crippen molar-refractivity contribution in [2.45, 2.75) is 32.4 Å². The fourth-order valence-corrected chi connectivity index (χ4v) is 6.05. The lowest BCUT2D eigenvalue weighted by Crippen LogP contribution is -2.56. The summed E-state index contributed by atoms with van der Waals surface area (Å²) in [6.07, 6.45) is 1.12. The van der Waals surface area contributed by atoms with E-state index in [1.807, 2.05) is 31.2 Å². The van der Waals surface area contributed by atoms with Gasteiger partial charge in [-0.05, 0) is 53.8 Å². The zero-order chi connectivity index (χ0) is 32.4. The van der Waals surface area contributed by atoms with E-state index in [1.165, 1.54) is 32.2 Å². The third kappa shape index (κ3) is 6.50. The summed E-state index contributed by atoms with van der Waals surface area (Å²) in [6, 6.07) is 13.7. The maximum Gasteiger partial charge on any atom is 0.326 e. The number of nitrogens with zero attached hydrogens (tertiary/aromatic N) is 2. The summed E-state index contributed by atoms with van der Waals surface area (Å²) in [4.78, 5) is 51.6. The molecule has 0 spiro atoms. The first-order valence-electron chi connectivity index (χ1n) is 14.6. The maximum atomic E-state index is 15.5. The van der Waals surface area contributed by atoms with Crippen molar-refractivity contribution < 1.29 is 28.3 Å². The van der Waals surface area contributed by atoms with Gasteiger partial charge in [-0.2, -0.15) is 0 Å². The van der Waals surface area contributed by atoms with Crippen molar-refractivity contribution in [1.29, 1.82) is 0 Å². The minimum atomic E-state index is -1.07. The Hall–Kier alpha value is -4.48. The topological polar surface area (TPSA) is 120 Å². The fourth-order valence-electron chi connectivity index (χ4n) is 5.78. The average molecular weight is 636 g/mol. The highest BCUT2D eigenvalue weighted by Gasteiger charge is 2.39. The van der Waals surface area contributed by atoms with Crippen LogP contribution in [0.4, 0.5) is 14.9 Å². The summed E-state index contributed by atoms with van der Waals surface area (Å²) in [5.74, 6) is -2.22. The van der Waals surface area contributed by atoms with Crippen LogP contribution in [0.3, 0.4) is 0 Å². The Labute approximate surface area is 265 Å². The van der Waals surface area contributed by atoms with Gasteiger partial charge in [0.05, 0.1) is 17.8 Å². The van der Waals surface area contributed by atoms with Gasteiger partial charge in [0, 0.05) is 57.3 Å². The number of imide groups is 1. The molecule has 45 heavy (non-hydrogen) atoms. The van der Waals surface area contributed by atoms with Gasteiger partial charge < -0.3 is 25.6 Å². The molecule has 236 valence electrons. The van der Waals surface area contributed by atoms with Gasteiger partial charge in [-0.15, -0.1) is 0 Å². The number of methoxy groups -OCH3 is 1. The summed E-state index contributed by atoms with van der Waals surface area (Å²) < 4.78 is 21.1. The minimum absolute atomic E-state index is 0.0206. The van der Waals surface area contributed by atoms with Crippen molar-refractivity contribution >= 4 is 41.0 Å². The van der Waals surface area contributed by atoms with Crippen molar-refractivity contribution in [2.75, 3.05) is 39.6 Å². The second-order valence-electron chi connectivity index (χ2n) is 11.3. The Balaban J connectivity index is 1.40. The molecule has 2 atom stereocenters. The number of ether oxygens (including phenoxy) is 1. The number of nitrogens with one attached hydrogen (secondary N) is 3. The van der Waals surface area contributed by atoms with Crippen LogP contribution in [0.25, 0.3) is 22.3 Å². The average Bonchev–Trinajstić information content (AvgIpc) is 3.03. The van der Waals surface area contributed by atoms with E-state index in [0.717, 1.165) is 21.6 Å². The van der Waals surface area contributed by atoms with E-state index in [2.05, 4.69) is 16.0 Å². The van der Waals surface area contributed by atoms with Crippen LogP contribution in [0.15, 0.2) is 48.5 Å². The molecule has 0 bridgehead atoms. The summed E-state index contributed by atoms with van der Waals surface area (Å²) in [6.45, 7) is 2.61. The molecule has 3 N–H and O–H groups in total. The van der Waals surface area contributed by atoms with Crippen LogP contribution < -0.4 is 20.7 Å². The molecular weight excluding hydrogens is 601 g/mol. The predicted octanol–water partition coefficient (Wildman–Crippen LogP) is 4.58. The number of rotatable bonds is 8. The number of amides is 5. The van der Waals surface area contributed by atoms with Crippen LogP contribution in [0.2, 0.25) is 5.02 Å². The molecule has 12 heteroatoms. The molecule has 3 aromatic rings. The van der Waals surface area contributed by atoms with Gasteiger partial charge >= 0.3 is 6.03 Å². The Morgan fingerprint density at radius 1 is 1.09 bits per heavy atom. The molecule has 0 saturated carbocycles. The molecule has 5 amide bonds. The molecule has 0 aliphatic carbocycles. The molecule has 2 saturated heterocycles. The highest BCUT2D eigenvalue weighted by atomic mass is 35.5. The van der Waals surface area contributed by atoms with E-state index >= 15 is 4.39 Å². The highest BCUT2D eigenvalue weighted by Crippen LogP contribution is 2.40. The molecule has 0 radical (unpaired) electrons. The molecular formula is C33H35ClFN5O5. The van der Waals surface area contributed by atoms with Crippen LogP contribution in [0, 0.1) is 18.7 Å². The summed E-state index contributed by atoms with van der Waals surface area (Å²) in [5, 5.41) is 9.17. The summed E-state index contributed by atoms with van der Waals surface area (Å²) >= 11 is 6.83. The van der Waals surface area contributed by atoms with Crippen molar-refractivity contribution in [2.24, 2.45) is 5.92 Å². The molecule has 2 aliphatic rings. The first-order valence-corrected chi connectivity index (χ1v) is 15.0. The zero-order valence-corrected chi connectivity index (χ0v) is 26.3. The molecule has 2 heterocycles. The highest BCUT2D eigenvalue weighted by molar-refractivity contribution is 6.36. The Kier molecular flexibility index (Phi) is 9.40. The van der Waals surface area contributed by atoms with E-state index in [4.69, 9.17) is 16.3 Å². The standard InChI is InChI=1S/C33H35ClFN5O5/c1-18-21(19-13-26(35)24(28(14-19)45-4)16-36-20-11-12-29(41)37-15-20)7-5-8-22(18)23-9-6-10-27(30(23)34)38-31(42)25-17-39(2)33(44)40(3)32(25)43/h5-10,13-14,20,25,36H,11-12,15-17H2,1-4H3,(H,37,41)(H,38,42)/t20-,25?/m1/s1. The van der Waals surface area contributed by atoms with Gasteiger partial charge in [-0.1, -0.05) is 41.9 Å². The quantitative estimate of drug-likeness (QED) is 0.312. The van der Waals surface area contributed by atoms with E-state index in [9.17, 15) is 19.2 Å². The van der Waals surface area contributed by atoms with Crippen LogP contribution >= 0.6 is 11.6 Å². The van der Waals surface area contributed by atoms with Crippen LogP contribution in [-0.2, 0) is 20.9 Å². The van der Waals surface area contributed by atoms with E-state index in [-0.39, 0.29) is 30.1 Å². The first-order chi connectivity index (χ1) is 21.5. The van der Waals surface area contributed by atoms with Crippen LogP contribution in [0.1, 0.15) is 24.0 Å². The molecule has 5 rings (SSSR count). The Bertz CT molecular complexity index is 1670. The lowest BCUT2D eigenvalue weighted by molar-refractivity contribution is -0.140. The molecule has 3 aromatic carbocycles. The number of piperidine rings is 1. The van der Waals surface area contributed by atoms with Gasteiger partial charge in [0.1, 0.15) is 17.5 Å². The third-order valence-corrected chi connectivity index (χ3v) is 8.82. The number of urea groups is 1. The van der Waals surface area contributed by atoms with E-state index in [1.54, 1.807) is 18.2 Å². The van der Waals surface area contributed by atoms with Gasteiger partial charge in [-0.3, -0.25) is 19.3 Å². The molecule has 0 aromatic heterocycles. The minimum Gasteiger partial charge on any atom is -0.496 e. The maximum absolute atomic E-state index is 15.5. The van der Waals surface area contributed by atoms with Crippen LogP contribution in [-0.4, -0.2) is 73.9 Å². The van der Waals surface area contributed by atoms with E-state index in [0.29, 0.717) is 47.5 Å². The molecule has 2 fully saturated rings. The molecule has 1 unspecified atom stereocenters. The molecule has 2 aliphatic heterocycles. The number of halogens is 2. The lowest BCUT2D eigenvalue weighted by Gasteiger charge is -2.33. The van der Waals surface area contributed by atoms with Crippen molar-refractivity contribution in [3.05, 3.63) is 70.5 Å². The van der Waals surface area contributed by atoms with Gasteiger partial charge in [0.15, 0.2) is 0 Å². The van der Waals surface area contributed by atoms with Crippen molar-refractivity contribution in [3.8, 4) is 28.0 Å². The normalized spacial score (nSPS) is 18.6. The first kappa shape index (κ1) is 31.9. The number of carbonyl (C=O) groups excluding carboxylic acids is 4. The smallest absolute Gasteiger partial charge is 0.326 e. The lowest BCUT2D eigenvalue weighted by atomic mass is 9.91. The third-order valence-electron chi connectivity index (χ3n) is 8.41. The van der Waals surface area contributed by atoms with Gasteiger partial charge in [-0.25, -0.2) is 9.18 Å². The Morgan fingerprint density at radius 3 is 2.51 bits per heavy atom. The molecule has 10 nitrogen and oxygen atoms in total. The SMILES string of the molecule is COc1cc(-c2cccc(-c3cccc(NC(=O)C4CN(C)C(=O)N(C)C4=O)c3Cl)c2C)cc(F)c1CN[C@@H]1CCC(=O)NC1. The van der Waals surface area contributed by atoms with Gasteiger partial charge in [0.25, 0.3) is 0 Å². The van der Waals surface area contributed by atoms with Crippen LogP contribution in [0.5, 0.6) is 5.75 Å². The summed E-state index contributed by atoms with van der Waals surface area (Å²) in [5.41, 5.74) is 4.36. The largest absolute Gasteiger partial charge is 0.496 e. The van der Waals surface area contributed by atoms with Gasteiger partial charge in [0.2, 0.25) is 17.7 Å². The predicted molar refractivity (Wildman–Crippen MR) is 169 cm³/mol. The number of carbonyl (C=O) groups is 4. The second-order valence-corrected chi connectivity index (χ2v) is 11.7. The monoisotopic (exact) mass is 635 g/mol. The number of hydrogen-bond acceptors (Lipinski definition) is 6.